The topological polar surface area (TPSA) is 20.3 Å². The molecule has 1 aliphatic heterocycles. The van der Waals surface area contributed by atoms with Crippen LogP contribution < -0.4 is 0 Å². The first-order valence-corrected chi connectivity index (χ1v) is 5.46. The van der Waals surface area contributed by atoms with Crippen LogP contribution in [0.3, 0.4) is 0 Å². The van der Waals surface area contributed by atoms with Crippen LogP contribution in [-0.2, 0) is 4.79 Å². The Balaban J connectivity index is 2.18. The molecule has 0 saturated carbocycles. The van der Waals surface area contributed by atoms with Gasteiger partial charge >= 0.3 is 0 Å². The summed E-state index contributed by atoms with van der Waals surface area (Å²) in [4.78, 5) is 13.4. The minimum Gasteiger partial charge on any atom is -0.302 e. The SMILES string of the molecule is CCC[C@@H](C)CN1CCC(=O)CC1. The summed E-state index contributed by atoms with van der Waals surface area (Å²) in [6.45, 7) is 7.71. The maximum absolute atomic E-state index is 11.0. The van der Waals surface area contributed by atoms with Gasteiger partial charge in [0, 0.05) is 32.5 Å². The maximum atomic E-state index is 11.0. The van der Waals surface area contributed by atoms with Crippen LogP contribution in [0.15, 0.2) is 0 Å². The molecule has 0 amide bonds. The first kappa shape index (κ1) is 10.7. The molecule has 1 rings (SSSR count). The normalized spacial score (nSPS) is 21.8. The lowest BCUT2D eigenvalue weighted by molar-refractivity contribution is -0.121. The van der Waals surface area contributed by atoms with Gasteiger partial charge in [0.2, 0.25) is 0 Å². The van der Waals surface area contributed by atoms with Crippen molar-refractivity contribution in [3.8, 4) is 0 Å². The van der Waals surface area contributed by atoms with Gasteiger partial charge in [-0.2, -0.15) is 0 Å². The standard InChI is InChI=1S/C11H21NO/c1-3-4-10(2)9-12-7-5-11(13)6-8-12/h10H,3-9H2,1-2H3/t10-/m1/s1. The van der Waals surface area contributed by atoms with E-state index in [4.69, 9.17) is 0 Å². The lowest BCUT2D eigenvalue weighted by Crippen LogP contribution is -2.36. The van der Waals surface area contributed by atoms with E-state index in [-0.39, 0.29) is 0 Å². The van der Waals surface area contributed by atoms with Crippen LogP contribution in [0.2, 0.25) is 0 Å². The molecule has 1 atom stereocenters. The second-order valence-electron chi connectivity index (χ2n) is 4.23. The van der Waals surface area contributed by atoms with E-state index in [0.717, 1.165) is 31.8 Å². The van der Waals surface area contributed by atoms with Gasteiger partial charge in [0.25, 0.3) is 0 Å². The van der Waals surface area contributed by atoms with Gasteiger partial charge in [-0.25, -0.2) is 0 Å². The van der Waals surface area contributed by atoms with E-state index in [1.54, 1.807) is 0 Å². The van der Waals surface area contributed by atoms with Crippen molar-refractivity contribution in [3.05, 3.63) is 0 Å². The molecule has 1 heterocycles. The first-order chi connectivity index (χ1) is 6.22. The molecule has 0 aliphatic carbocycles. The van der Waals surface area contributed by atoms with Crippen molar-refractivity contribution >= 4 is 5.78 Å². The molecule has 1 aliphatic rings. The Bertz CT molecular complexity index is 157. The van der Waals surface area contributed by atoms with E-state index in [9.17, 15) is 4.79 Å². The Morgan fingerprint density at radius 3 is 2.54 bits per heavy atom. The highest BCUT2D eigenvalue weighted by molar-refractivity contribution is 5.79. The Morgan fingerprint density at radius 2 is 2.00 bits per heavy atom. The van der Waals surface area contributed by atoms with Crippen LogP contribution in [0.25, 0.3) is 0 Å². The highest BCUT2D eigenvalue weighted by Gasteiger charge is 2.17. The van der Waals surface area contributed by atoms with Gasteiger partial charge in [-0.1, -0.05) is 20.3 Å². The number of hydrogen-bond donors (Lipinski definition) is 0. The zero-order valence-corrected chi connectivity index (χ0v) is 8.88. The summed E-state index contributed by atoms with van der Waals surface area (Å²) >= 11 is 0. The van der Waals surface area contributed by atoms with Crippen molar-refractivity contribution in [2.75, 3.05) is 19.6 Å². The van der Waals surface area contributed by atoms with Crippen LogP contribution in [0.1, 0.15) is 39.5 Å². The lowest BCUT2D eigenvalue weighted by atomic mass is 10.0. The Hall–Kier alpha value is -0.370. The van der Waals surface area contributed by atoms with Crippen LogP contribution in [0.5, 0.6) is 0 Å². The highest BCUT2D eigenvalue weighted by atomic mass is 16.1. The molecule has 0 radical (unpaired) electrons. The summed E-state index contributed by atoms with van der Waals surface area (Å²) in [6.07, 6.45) is 4.13. The van der Waals surface area contributed by atoms with Crippen molar-refractivity contribution in [3.63, 3.8) is 0 Å². The number of ketones is 1. The molecule has 1 saturated heterocycles. The van der Waals surface area contributed by atoms with Gasteiger partial charge in [-0.3, -0.25) is 4.79 Å². The van der Waals surface area contributed by atoms with E-state index in [2.05, 4.69) is 18.7 Å². The first-order valence-electron chi connectivity index (χ1n) is 5.46. The molecule has 2 nitrogen and oxygen atoms in total. The number of carbonyl (C=O) groups excluding carboxylic acids is 1. The van der Waals surface area contributed by atoms with Crippen molar-refractivity contribution in [2.24, 2.45) is 5.92 Å². The Labute approximate surface area is 81.3 Å². The predicted octanol–water partition coefficient (Wildman–Crippen LogP) is 2.09. The monoisotopic (exact) mass is 183 g/mol. The van der Waals surface area contributed by atoms with E-state index < -0.39 is 0 Å². The number of hydrogen-bond acceptors (Lipinski definition) is 2. The van der Waals surface area contributed by atoms with Gasteiger partial charge in [0.15, 0.2) is 0 Å². The van der Waals surface area contributed by atoms with E-state index >= 15 is 0 Å². The number of Topliss-reactive ketones (excluding diaryl/α,β-unsaturated/α-hetero) is 1. The predicted molar refractivity (Wildman–Crippen MR) is 54.8 cm³/mol. The molecule has 0 unspecified atom stereocenters. The van der Waals surface area contributed by atoms with Gasteiger partial charge in [-0.15, -0.1) is 0 Å². The minimum atomic E-state index is 0.444. The Kier molecular flexibility index (Phi) is 4.43. The second-order valence-corrected chi connectivity index (χ2v) is 4.23. The van der Waals surface area contributed by atoms with Crippen LogP contribution in [0, 0.1) is 5.92 Å². The lowest BCUT2D eigenvalue weighted by Gasteiger charge is -2.28. The molecule has 0 aromatic rings. The van der Waals surface area contributed by atoms with Gasteiger partial charge in [0.05, 0.1) is 0 Å². The summed E-state index contributed by atoms with van der Waals surface area (Å²) in [5, 5.41) is 0. The summed E-state index contributed by atoms with van der Waals surface area (Å²) < 4.78 is 0. The smallest absolute Gasteiger partial charge is 0.135 e. The summed E-state index contributed by atoms with van der Waals surface area (Å²) in [5.41, 5.74) is 0. The van der Waals surface area contributed by atoms with E-state index in [1.807, 2.05) is 0 Å². The second kappa shape index (κ2) is 5.38. The van der Waals surface area contributed by atoms with Crippen LogP contribution in [0.4, 0.5) is 0 Å². The fraction of sp³-hybridized carbons (Fsp3) is 0.909. The number of nitrogens with zero attached hydrogens (tertiary/aromatic N) is 1. The number of rotatable bonds is 4. The van der Waals surface area contributed by atoms with Gasteiger partial charge < -0.3 is 4.90 Å². The number of piperidine rings is 1. The molecule has 0 spiro atoms. The quantitative estimate of drug-likeness (QED) is 0.665. The minimum absolute atomic E-state index is 0.444. The van der Waals surface area contributed by atoms with Crippen LogP contribution >= 0.6 is 0 Å². The van der Waals surface area contributed by atoms with E-state index in [1.165, 1.54) is 19.4 Å². The third kappa shape index (κ3) is 3.90. The van der Waals surface area contributed by atoms with Crippen molar-refractivity contribution in [1.82, 2.24) is 4.90 Å². The number of carbonyl (C=O) groups is 1. The Morgan fingerprint density at radius 1 is 1.38 bits per heavy atom. The zero-order valence-electron chi connectivity index (χ0n) is 8.88. The molecule has 0 bridgehead atoms. The van der Waals surface area contributed by atoms with Gasteiger partial charge in [0.1, 0.15) is 5.78 Å². The van der Waals surface area contributed by atoms with Crippen LogP contribution in [-0.4, -0.2) is 30.3 Å². The number of likely N-dealkylation sites (tertiary alicyclic amines) is 1. The van der Waals surface area contributed by atoms with Crippen molar-refractivity contribution in [1.29, 1.82) is 0 Å². The summed E-state index contributed by atoms with van der Waals surface area (Å²) in [5.74, 6) is 1.23. The van der Waals surface area contributed by atoms with Crippen molar-refractivity contribution < 1.29 is 4.79 Å². The van der Waals surface area contributed by atoms with E-state index in [0.29, 0.717) is 5.78 Å². The molecule has 1 fully saturated rings. The fourth-order valence-electron chi connectivity index (χ4n) is 2.01. The highest BCUT2D eigenvalue weighted by Crippen LogP contribution is 2.11. The fourth-order valence-corrected chi connectivity index (χ4v) is 2.01. The molecule has 0 N–H and O–H groups in total. The largest absolute Gasteiger partial charge is 0.302 e. The molecular formula is C11H21NO. The average molecular weight is 183 g/mol. The third-order valence-electron chi connectivity index (χ3n) is 2.77. The molecule has 0 aromatic heterocycles. The zero-order chi connectivity index (χ0) is 9.68. The molecule has 13 heavy (non-hydrogen) atoms. The molecule has 76 valence electrons. The van der Waals surface area contributed by atoms with Crippen molar-refractivity contribution in [2.45, 2.75) is 39.5 Å². The summed E-state index contributed by atoms with van der Waals surface area (Å²) in [6, 6.07) is 0. The molecular weight excluding hydrogens is 162 g/mol. The summed E-state index contributed by atoms with van der Waals surface area (Å²) in [7, 11) is 0. The molecule has 2 heteroatoms. The maximum Gasteiger partial charge on any atom is 0.135 e. The third-order valence-corrected chi connectivity index (χ3v) is 2.77. The molecule has 0 aromatic carbocycles. The average Bonchev–Trinajstić information content (AvgIpc) is 2.09. The van der Waals surface area contributed by atoms with Gasteiger partial charge in [-0.05, 0) is 12.3 Å².